The lowest BCUT2D eigenvalue weighted by Crippen LogP contribution is -2.00. The highest BCUT2D eigenvalue weighted by molar-refractivity contribution is 7.98. The normalized spacial score (nSPS) is 11.1. The van der Waals surface area contributed by atoms with Gasteiger partial charge in [-0.15, -0.1) is 20.4 Å². The molecule has 3 aromatic heterocycles. The number of aromatic nitrogens is 6. The van der Waals surface area contributed by atoms with Crippen molar-refractivity contribution in [3.05, 3.63) is 87.9 Å². The Kier molecular flexibility index (Phi) is 6.32. The van der Waals surface area contributed by atoms with Gasteiger partial charge in [0.25, 0.3) is 0 Å². The van der Waals surface area contributed by atoms with E-state index >= 15 is 0 Å². The summed E-state index contributed by atoms with van der Waals surface area (Å²) in [5, 5.41) is 19.2. The number of benzene rings is 2. The molecule has 0 atom stereocenters. The molecule has 0 saturated heterocycles. The molecule has 0 fully saturated rings. The Morgan fingerprint density at radius 1 is 0.818 bits per heavy atom. The van der Waals surface area contributed by atoms with Crippen molar-refractivity contribution in [2.24, 2.45) is 0 Å². The molecule has 0 unspecified atom stereocenters. The van der Waals surface area contributed by atoms with E-state index in [-0.39, 0.29) is 0 Å². The number of nitrogens with zero attached hydrogens (tertiary/aromatic N) is 6. The van der Waals surface area contributed by atoms with Crippen LogP contribution in [0.3, 0.4) is 0 Å². The van der Waals surface area contributed by atoms with Gasteiger partial charge in [-0.2, -0.15) is 0 Å². The number of hydrogen-bond acceptors (Lipinski definition) is 7. The Balaban J connectivity index is 1.46. The van der Waals surface area contributed by atoms with Crippen molar-refractivity contribution >= 4 is 46.6 Å². The molecular formula is C22H13Cl3N6OS. The van der Waals surface area contributed by atoms with Gasteiger partial charge in [0.2, 0.25) is 11.8 Å². The van der Waals surface area contributed by atoms with E-state index in [0.29, 0.717) is 49.1 Å². The molecular weight excluding hydrogens is 503 g/mol. The summed E-state index contributed by atoms with van der Waals surface area (Å²) in [5.41, 5.74) is 2.27. The molecule has 0 amide bonds. The van der Waals surface area contributed by atoms with Gasteiger partial charge in [0, 0.05) is 33.6 Å². The predicted molar refractivity (Wildman–Crippen MR) is 129 cm³/mol. The maximum atomic E-state index is 6.50. The topological polar surface area (TPSA) is 82.5 Å². The summed E-state index contributed by atoms with van der Waals surface area (Å²) in [7, 11) is 0. The summed E-state index contributed by atoms with van der Waals surface area (Å²) in [5.74, 6) is 1.78. The Morgan fingerprint density at radius 3 is 2.33 bits per heavy atom. The van der Waals surface area contributed by atoms with Crippen LogP contribution < -0.4 is 0 Å². The van der Waals surface area contributed by atoms with E-state index in [0.717, 1.165) is 11.3 Å². The van der Waals surface area contributed by atoms with Crippen LogP contribution in [-0.2, 0) is 5.75 Å². The Morgan fingerprint density at radius 2 is 1.58 bits per heavy atom. The van der Waals surface area contributed by atoms with Crippen LogP contribution in [0.1, 0.15) is 5.89 Å². The second-order valence-corrected chi connectivity index (χ2v) is 9.00. The molecule has 11 heteroatoms. The summed E-state index contributed by atoms with van der Waals surface area (Å²) in [6.45, 7) is 0. The molecule has 0 aliphatic carbocycles. The van der Waals surface area contributed by atoms with Gasteiger partial charge in [0.05, 0.1) is 16.5 Å². The fourth-order valence-corrected chi connectivity index (χ4v) is 4.66. The number of halogens is 3. The van der Waals surface area contributed by atoms with Crippen LogP contribution in [0, 0.1) is 0 Å². The molecule has 0 aliphatic heterocycles. The molecule has 5 aromatic rings. The molecule has 0 spiro atoms. The molecule has 0 aliphatic rings. The van der Waals surface area contributed by atoms with E-state index in [9.17, 15) is 0 Å². The number of rotatable bonds is 6. The zero-order chi connectivity index (χ0) is 22.8. The monoisotopic (exact) mass is 514 g/mol. The van der Waals surface area contributed by atoms with E-state index in [2.05, 4.69) is 25.4 Å². The third-order valence-corrected chi connectivity index (χ3v) is 6.24. The van der Waals surface area contributed by atoms with Gasteiger partial charge < -0.3 is 4.42 Å². The molecule has 2 aromatic carbocycles. The quantitative estimate of drug-likeness (QED) is 0.235. The lowest BCUT2D eigenvalue weighted by Gasteiger charge is -2.11. The highest BCUT2D eigenvalue weighted by Gasteiger charge is 2.19. The molecule has 164 valence electrons. The first-order chi connectivity index (χ1) is 16.1. The third-order valence-electron chi connectivity index (χ3n) is 4.57. The van der Waals surface area contributed by atoms with Gasteiger partial charge in [-0.05, 0) is 42.5 Å². The van der Waals surface area contributed by atoms with E-state index in [4.69, 9.17) is 39.2 Å². The first-order valence-corrected chi connectivity index (χ1v) is 11.7. The Bertz CT molecular complexity index is 1400. The summed E-state index contributed by atoms with van der Waals surface area (Å²) in [4.78, 5) is 4.08. The van der Waals surface area contributed by atoms with Crippen molar-refractivity contribution in [1.29, 1.82) is 0 Å². The van der Waals surface area contributed by atoms with E-state index in [1.165, 1.54) is 11.8 Å². The first kappa shape index (κ1) is 21.9. The third kappa shape index (κ3) is 4.74. The second kappa shape index (κ2) is 9.52. The van der Waals surface area contributed by atoms with Crippen LogP contribution in [0.25, 0.3) is 28.5 Å². The first-order valence-electron chi connectivity index (χ1n) is 9.61. The molecule has 33 heavy (non-hydrogen) atoms. The van der Waals surface area contributed by atoms with Gasteiger partial charge in [-0.1, -0.05) is 58.7 Å². The van der Waals surface area contributed by atoms with Crippen LogP contribution in [-0.4, -0.2) is 29.9 Å². The highest BCUT2D eigenvalue weighted by Crippen LogP contribution is 2.33. The van der Waals surface area contributed by atoms with Crippen molar-refractivity contribution in [1.82, 2.24) is 29.9 Å². The summed E-state index contributed by atoms with van der Waals surface area (Å²) < 4.78 is 7.71. The molecule has 0 saturated carbocycles. The maximum Gasteiger partial charge on any atom is 0.247 e. The average molecular weight is 516 g/mol. The van der Waals surface area contributed by atoms with Crippen molar-refractivity contribution < 1.29 is 4.42 Å². The fraction of sp³-hybridized carbons (Fsp3) is 0.0455. The minimum atomic E-state index is 0.333. The van der Waals surface area contributed by atoms with Gasteiger partial charge in [-0.3, -0.25) is 9.55 Å². The second-order valence-electron chi connectivity index (χ2n) is 6.78. The SMILES string of the molecule is Clc1cc(Cl)cc(-c2nnc(CSc3nnc(-c4ccncc4)n3-c3ccccc3Cl)o2)c1. The number of hydrogen-bond donors (Lipinski definition) is 0. The fourth-order valence-electron chi connectivity index (χ4n) is 3.13. The maximum absolute atomic E-state index is 6.50. The van der Waals surface area contributed by atoms with Crippen molar-refractivity contribution in [3.8, 4) is 28.5 Å². The van der Waals surface area contributed by atoms with Crippen LogP contribution in [0.4, 0.5) is 0 Å². The van der Waals surface area contributed by atoms with Crippen LogP contribution in [0.15, 0.2) is 76.6 Å². The smallest absolute Gasteiger partial charge is 0.247 e. The zero-order valence-electron chi connectivity index (χ0n) is 16.7. The van der Waals surface area contributed by atoms with Gasteiger partial charge >= 0.3 is 0 Å². The van der Waals surface area contributed by atoms with Crippen molar-refractivity contribution in [2.75, 3.05) is 0 Å². The summed E-state index contributed by atoms with van der Waals surface area (Å²) in [6, 6.07) is 16.3. The number of pyridine rings is 1. The zero-order valence-corrected chi connectivity index (χ0v) is 19.8. The van der Waals surface area contributed by atoms with Crippen LogP contribution >= 0.6 is 46.6 Å². The van der Waals surface area contributed by atoms with Crippen LogP contribution in [0.5, 0.6) is 0 Å². The van der Waals surface area contributed by atoms with E-state index in [1.54, 1.807) is 30.6 Å². The highest BCUT2D eigenvalue weighted by atomic mass is 35.5. The minimum Gasteiger partial charge on any atom is -0.420 e. The number of thioether (sulfide) groups is 1. The minimum absolute atomic E-state index is 0.333. The molecule has 0 bridgehead atoms. The Labute approximate surface area is 207 Å². The Hall–Kier alpha value is -2.91. The van der Waals surface area contributed by atoms with Gasteiger partial charge in [-0.25, -0.2) is 0 Å². The van der Waals surface area contributed by atoms with Gasteiger partial charge in [0.15, 0.2) is 11.0 Å². The van der Waals surface area contributed by atoms with Crippen molar-refractivity contribution in [2.45, 2.75) is 10.9 Å². The standard InChI is InChI=1S/C22H13Cl3N6OS/c23-15-9-14(10-16(24)11-15)21-29-27-19(32-21)12-33-22-30-28-20(13-5-7-26-8-6-13)31(22)18-4-2-1-3-17(18)25/h1-11H,12H2. The van der Waals surface area contributed by atoms with Gasteiger partial charge in [0.1, 0.15) is 0 Å². The molecule has 0 N–H and O–H groups in total. The summed E-state index contributed by atoms with van der Waals surface area (Å²) >= 11 is 20.1. The predicted octanol–water partition coefficient (Wildman–Crippen LogP) is 6.63. The number of para-hydroxylation sites is 1. The molecule has 3 heterocycles. The lowest BCUT2D eigenvalue weighted by molar-refractivity contribution is 0.528. The largest absolute Gasteiger partial charge is 0.420 e. The van der Waals surface area contributed by atoms with E-state index in [1.807, 2.05) is 41.0 Å². The molecule has 7 nitrogen and oxygen atoms in total. The average Bonchev–Trinajstić information content (AvgIpc) is 3.45. The summed E-state index contributed by atoms with van der Waals surface area (Å²) in [6.07, 6.45) is 3.41. The molecule has 5 rings (SSSR count). The molecule has 0 radical (unpaired) electrons. The lowest BCUT2D eigenvalue weighted by atomic mass is 10.2. The van der Waals surface area contributed by atoms with Crippen LogP contribution in [0.2, 0.25) is 15.1 Å². The van der Waals surface area contributed by atoms with Crippen molar-refractivity contribution in [3.63, 3.8) is 0 Å². The van der Waals surface area contributed by atoms with E-state index < -0.39 is 0 Å².